The highest BCUT2D eigenvalue weighted by Crippen LogP contribution is 2.44. The lowest BCUT2D eigenvalue weighted by atomic mass is 9.95. The first-order valence-electron chi connectivity index (χ1n) is 9.40. The summed E-state index contributed by atoms with van der Waals surface area (Å²) in [7, 11) is -2.99. The summed E-state index contributed by atoms with van der Waals surface area (Å²) in [4.78, 5) is 14.5. The monoisotopic (exact) mass is 399 g/mol. The molecule has 1 unspecified atom stereocenters. The summed E-state index contributed by atoms with van der Waals surface area (Å²) in [5, 5.41) is 2.67. The fraction of sp³-hybridized carbons (Fsp3) is 0.381. The summed E-state index contributed by atoms with van der Waals surface area (Å²) in [5.74, 6) is 1.70. The zero-order valence-electron chi connectivity index (χ0n) is 15.8. The number of carbonyl (C=O) groups excluding carboxylic acids is 1. The van der Waals surface area contributed by atoms with Gasteiger partial charge in [0.25, 0.3) is 0 Å². The normalized spacial score (nSPS) is 21.7. The standard InChI is InChI=1S/C21H21NO5S/c1-12(23)18-13(2)27-21-16-6-4-3-5-15(16)20-17(19(18)21)9-22(11-26-20)14-7-8-28(24,25)10-14/h3-6,14H,7-11H2,1-2H3. The second-order valence-corrected chi connectivity index (χ2v) is 9.95. The van der Waals surface area contributed by atoms with Gasteiger partial charge in [-0.25, -0.2) is 8.42 Å². The summed E-state index contributed by atoms with van der Waals surface area (Å²) in [6, 6.07) is 7.81. The number of ether oxygens (including phenoxy) is 1. The number of aryl methyl sites for hydroxylation is 1. The minimum absolute atomic E-state index is 0.0469. The van der Waals surface area contributed by atoms with Crippen molar-refractivity contribution in [1.29, 1.82) is 0 Å². The molecule has 5 rings (SSSR count). The number of rotatable bonds is 2. The highest BCUT2D eigenvalue weighted by molar-refractivity contribution is 7.91. The average molecular weight is 399 g/mol. The Kier molecular flexibility index (Phi) is 3.83. The molecule has 2 aromatic carbocycles. The van der Waals surface area contributed by atoms with Gasteiger partial charge in [0.2, 0.25) is 0 Å². The maximum Gasteiger partial charge on any atom is 0.163 e. The number of nitrogens with zero attached hydrogens (tertiary/aromatic N) is 1. The van der Waals surface area contributed by atoms with Crippen LogP contribution in [-0.2, 0) is 16.4 Å². The summed E-state index contributed by atoms with van der Waals surface area (Å²) < 4.78 is 36.1. The van der Waals surface area contributed by atoms with Crippen molar-refractivity contribution in [3.63, 3.8) is 0 Å². The Bertz CT molecular complexity index is 1240. The second-order valence-electron chi connectivity index (χ2n) is 7.72. The van der Waals surface area contributed by atoms with Gasteiger partial charge in [0.15, 0.2) is 15.6 Å². The number of benzene rings is 2. The molecule has 3 heterocycles. The van der Waals surface area contributed by atoms with Gasteiger partial charge in [0, 0.05) is 34.3 Å². The molecule has 0 saturated carbocycles. The van der Waals surface area contributed by atoms with Gasteiger partial charge in [0.05, 0.1) is 17.1 Å². The first kappa shape index (κ1) is 17.7. The van der Waals surface area contributed by atoms with E-state index < -0.39 is 9.84 Å². The fourth-order valence-corrected chi connectivity index (χ4v) is 6.37. The van der Waals surface area contributed by atoms with Crippen LogP contribution in [0.15, 0.2) is 28.7 Å². The minimum Gasteiger partial charge on any atom is -0.477 e. The van der Waals surface area contributed by atoms with E-state index in [4.69, 9.17) is 9.15 Å². The van der Waals surface area contributed by atoms with E-state index in [9.17, 15) is 13.2 Å². The number of fused-ring (bicyclic) bond motifs is 6. The van der Waals surface area contributed by atoms with Gasteiger partial charge in [0.1, 0.15) is 23.8 Å². The van der Waals surface area contributed by atoms with Crippen LogP contribution in [0.4, 0.5) is 0 Å². The molecule has 146 valence electrons. The molecule has 0 amide bonds. The molecule has 28 heavy (non-hydrogen) atoms. The quantitative estimate of drug-likeness (QED) is 0.615. The maximum atomic E-state index is 12.4. The van der Waals surface area contributed by atoms with Crippen LogP contribution in [0.5, 0.6) is 5.75 Å². The summed E-state index contributed by atoms with van der Waals surface area (Å²) in [6.45, 7) is 4.23. The molecular formula is C21H21NO5S. The number of furan rings is 1. The first-order valence-corrected chi connectivity index (χ1v) is 11.2. The Balaban J connectivity index is 1.74. The molecule has 0 aliphatic carbocycles. The highest BCUT2D eigenvalue weighted by atomic mass is 32.2. The number of carbonyl (C=O) groups is 1. The Hall–Kier alpha value is -2.38. The number of hydrogen-bond acceptors (Lipinski definition) is 6. The van der Waals surface area contributed by atoms with E-state index in [-0.39, 0.29) is 23.3 Å². The van der Waals surface area contributed by atoms with Crippen LogP contribution >= 0.6 is 0 Å². The van der Waals surface area contributed by atoms with E-state index in [0.29, 0.717) is 36.6 Å². The molecular weight excluding hydrogens is 378 g/mol. The molecule has 2 aliphatic rings. The van der Waals surface area contributed by atoms with E-state index in [1.165, 1.54) is 0 Å². The Labute approximate surface area is 163 Å². The first-order chi connectivity index (χ1) is 13.4. The van der Waals surface area contributed by atoms with Crippen molar-refractivity contribution in [2.24, 2.45) is 0 Å². The lowest BCUT2D eigenvalue weighted by Crippen LogP contribution is -2.41. The molecule has 0 radical (unpaired) electrons. The second kappa shape index (κ2) is 6.06. The third-order valence-electron chi connectivity index (χ3n) is 5.89. The Morgan fingerprint density at radius 2 is 1.96 bits per heavy atom. The third kappa shape index (κ3) is 2.57. The van der Waals surface area contributed by atoms with Crippen LogP contribution in [0.3, 0.4) is 0 Å². The van der Waals surface area contributed by atoms with Crippen LogP contribution < -0.4 is 4.74 Å². The zero-order chi connectivity index (χ0) is 19.6. The van der Waals surface area contributed by atoms with Crippen molar-refractivity contribution >= 4 is 37.4 Å². The van der Waals surface area contributed by atoms with Gasteiger partial charge in [-0.15, -0.1) is 0 Å². The van der Waals surface area contributed by atoms with Gasteiger partial charge in [-0.3, -0.25) is 9.69 Å². The van der Waals surface area contributed by atoms with Crippen molar-refractivity contribution in [3.8, 4) is 5.75 Å². The summed E-state index contributed by atoms with van der Waals surface area (Å²) in [5.41, 5.74) is 2.19. The molecule has 3 aromatic rings. The summed E-state index contributed by atoms with van der Waals surface area (Å²) in [6.07, 6.45) is 0.613. The van der Waals surface area contributed by atoms with Crippen molar-refractivity contribution in [2.45, 2.75) is 32.9 Å². The van der Waals surface area contributed by atoms with E-state index >= 15 is 0 Å². The van der Waals surface area contributed by atoms with Crippen molar-refractivity contribution < 1.29 is 22.4 Å². The zero-order valence-corrected chi connectivity index (χ0v) is 16.6. The van der Waals surface area contributed by atoms with E-state index in [0.717, 1.165) is 27.5 Å². The van der Waals surface area contributed by atoms with E-state index in [1.54, 1.807) is 6.92 Å². The van der Waals surface area contributed by atoms with E-state index in [1.807, 2.05) is 31.2 Å². The van der Waals surface area contributed by atoms with Crippen LogP contribution in [0, 0.1) is 6.92 Å². The van der Waals surface area contributed by atoms with Gasteiger partial charge >= 0.3 is 0 Å². The molecule has 1 atom stereocenters. The topological polar surface area (TPSA) is 76.8 Å². The Morgan fingerprint density at radius 3 is 2.64 bits per heavy atom. The molecule has 0 spiro atoms. The minimum atomic E-state index is -2.99. The highest BCUT2D eigenvalue weighted by Gasteiger charge is 2.36. The predicted octanol–water partition coefficient (Wildman–Crippen LogP) is 3.44. The molecule has 0 bridgehead atoms. The number of ketones is 1. The number of hydrogen-bond donors (Lipinski definition) is 0. The average Bonchev–Trinajstić information content (AvgIpc) is 3.21. The van der Waals surface area contributed by atoms with Crippen LogP contribution in [0.2, 0.25) is 0 Å². The lowest BCUT2D eigenvalue weighted by molar-refractivity contribution is 0.0668. The molecule has 0 N–H and O–H groups in total. The number of Topliss-reactive ketones (excluding diaryl/α,β-unsaturated/α-hetero) is 1. The summed E-state index contributed by atoms with van der Waals surface area (Å²) >= 11 is 0. The van der Waals surface area contributed by atoms with E-state index in [2.05, 4.69) is 4.90 Å². The maximum absolute atomic E-state index is 12.4. The molecule has 6 nitrogen and oxygen atoms in total. The molecule has 1 fully saturated rings. The number of sulfone groups is 1. The fourth-order valence-electron chi connectivity index (χ4n) is 4.61. The van der Waals surface area contributed by atoms with Crippen LogP contribution in [0.25, 0.3) is 21.7 Å². The molecule has 2 aliphatic heterocycles. The molecule has 1 aromatic heterocycles. The van der Waals surface area contributed by atoms with Crippen LogP contribution in [-0.4, -0.2) is 43.4 Å². The van der Waals surface area contributed by atoms with Crippen molar-refractivity contribution in [1.82, 2.24) is 4.90 Å². The van der Waals surface area contributed by atoms with Gasteiger partial charge < -0.3 is 9.15 Å². The van der Waals surface area contributed by atoms with Crippen LogP contribution in [0.1, 0.15) is 35.0 Å². The van der Waals surface area contributed by atoms with Gasteiger partial charge in [-0.2, -0.15) is 0 Å². The van der Waals surface area contributed by atoms with Gasteiger partial charge in [-0.05, 0) is 20.3 Å². The van der Waals surface area contributed by atoms with Crippen molar-refractivity contribution in [3.05, 3.63) is 41.2 Å². The Morgan fingerprint density at radius 1 is 1.21 bits per heavy atom. The largest absolute Gasteiger partial charge is 0.477 e. The third-order valence-corrected chi connectivity index (χ3v) is 7.64. The smallest absolute Gasteiger partial charge is 0.163 e. The SMILES string of the molecule is CC(=O)c1c(C)oc2c1c1c(c3ccccc32)OCN(C2CCS(=O)(=O)C2)C1. The molecule has 7 heteroatoms. The predicted molar refractivity (Wildman–Crippen MR) is 107 cm³/mol. The lowest BCUT2D eigenvalue weighted by Gasteiger charge is -2.34. The van der Waals surface area contributed by atoms with Gasteiger partial charge in [-0.1, -0.05) is 24.3 Å². The molecule has 1 saturated heterocycles. The van der Waals surface area contributed by atoms with Crippen molar-refractivity contribution in [2.75, 3.05) is 18.2 Å².